The minimum atomic E-state index is 0.0596. The van der Waals surface area contributed by atoms with E-state index in [-0.39, 0.29) is 17.4 Å². The molecule has 4 nitrogen and oxygen atoms in total. The van der Waals surface area contributed by atoms with Crippen LogP contribution in [0.3, 0.4) is 0 Å². The molecule has 0 radical (unpaired) electrons. The van der Waals surface area contributed by atoms with Crippen molar-refractivity contribution >= 4 is 5.91 Å². The van der Waals surface area contributed by atoms with Crippen LogP contribution in [-0.2, 0) is 5.41 Å². The second-order valence-electron chi connectivity index (χ2n) is 7.91. The first kappa shape index (κ1) is 17.1. The summed E-state index contributed by atoms with van der Waals surface area (Å²) in [4.78, 5) is 17.6. The van der Waals surface area contributed by atoms with Crippen LogP contribution in [-0.4, -0.2) is 49.0 Å². The molecule has 1 saturated heterocycles. The van der Waals surface area contributed by atoms with E-state index in [1.54, 1.807) is 7.11 Å². The molecule has 2 aromatic carbocycles. The van der Waals surface area contributed by atoms with E-state index in [1.807, 2.05) is 29.2 Å². The van der Waals surface area contributed by atoms with E-state index >= 15 is 0 Å². The van der Waals surface area contributed by atoms with Crippen molar-refractivity contribution in [2.75, 3.05) is 33.3 Å². The number of hydrogen-bond donors (Lipinski definition) is 0. The first-order valence-electron chi connectivity index (χ1n) is 9.27. The Labute approximate surface area is 155 Å². The SMILES string of the molecule is COc1ccccc1C(=O)N1CCN2CC(C)(C)c3ccccc3C2C1. The van der Waals surface area contributed by atoms with Crippen molar-refractivity contribution in [3.8, 4) is 5.75 Å². The van der Waals surface area contributed by atoms with Gasteiger partial charge in [0.05, 0.1) is 18.7 Å². The Bertz CT molecular complexity index is 830. The summed E-state index contributed by atoms with van der Waals surface area (Å²) < 4.78 is 5.39. The lowest BCUT2D eigenvalue weighted by molar-refractivity contribution is 0.0357. The van der Waals surface area contributed by atoms with Crippen LogP contribution in [0.1, 0.15) is 41.4 Å². The van der Waals surface area contributed by atoms with Gasteiger partial charge in [-0.1, -0.05) is 50.2 Å². The average Bonchev–Trinajstić information content (AvgIpc) is 2.67. The van der Waals surface area contributed by atoms with E-state index in [0.717, 1.165) is 26.2 Å². The second kappa shape index (κ2) is 6.44. The molecule has 1 unspecified atom stereocenters. The minimum absolute atomic E-state index is 0.0596. The van der Waals surface area contributed by atoms with Crippen LogP contribution in [0.2, 0.25) is 0 Å². The Kier molecular flexibility index (Phi) is 4.23. The molecule has 1 fully saturated rings. The zero-order valence-corrected chi connectivity index (χ0v) is 15.7. The largest absolute Gasteiger partial charge is 0.496 e. The van der Waals surface area contributed by atoms with Gasteiger partial charge in [0.25, 0.3) is 5.91 Å². The fraction of sp³-hybridized carbons (Fsp3) is 0.409. The van der Waals surface area contributed by atoms with Crippen molar-refractivity contribution in [2.24, 2.45) is 0 Å². The summed E-state index contributed by atoms with van der Waals surface area (Å²) in [6.07, 6.45) is 0. The molecule has 0 N–H and O–H groups in total. The number of para-hydroxylation sites is 1. The fourth-order valence-corrected chi connectivity index (χ4v) is 4.48. The van der Waals surface area contributed by atoms with Crippen molar-refractivity contribution < 1.29 is 9.53 Å². The highest BCUT2D eigenvalue weighted by atomic mass is 16.5. The number of amides is 1. The Hall–Kier alpha value is -2.33. The number of carbonyl (C=O) groups excluding carboxylic acids is 1. The highest BCUT2D eigenvalue weighted by Gasteiger charge is 2.41. The van der Waals surface area contributed by atoms with Gasteiger partial charge in [0.15, 0.2) is 0 Å². The number of rotatable bonds is 2. The zero-order valence-electron chi connectivity index (χ0n) is 15.7. The van der Waals surface area contributed by atoms with Gasteiger partial charge < -0.3 is 9.64 Å². The molecule has 4 rings (SSSR count). The van der Waals surface area contributed by atoms with Gasteiger partial charge in [-0.15, -0.1) is 0 Å². The molecular weight excluding hydrogens is 324 g/mol. The number of ether oxygens (including phenoxy) is 1. The van der Waals surface area contributed by atoms with Crippen molar-refractivity contribution in [3.05, 3.63) is 65.2 Å². The summed E-state index contributed by atoms with van der Waals surface area (Å²) in [5.41, 5.74) is 3.56. The molecule has 4 heteroatoms. The van der Waals surface area contributed by atoms with Crippen molar-refractivity contribution in [3.63, 3.8) is 0 Å². The van der Waals surface area contributed by atoms with Gasteiger partial charge in [-0.3, -0.25) is 9.69 Å². The van der Waals surface area contributed by atoms with E-state index in [2.05, 4.69) is 43.0 Å². The van der Waals surface area contributed by atoms with E-state index < -0.39 is 0 Å². The normalized spacial score (nSPS) is 21.7. The number of carbonyl (C=O) groups is 1. The topological polar surface area (TPSA) is 32.8 Å². The molecule has 0 spiro atoms. The molecule has 2 aliphatic heterocycles. The number of hydrogen-bond acceptors (Lipinski definition) is 3. The minimum Gasteiger partial charge on any atom is -0.496 e. The molecule has 0 saturated carbocycles. The highest BCUT2D eigenvalue weighted by Crippen LogP contribution is 2.41. The Morgan fingerprint density at radius 3 is 2.62 bits per heavy atom. The van der Waals surface area contributed by atoms with E-state index in [1.165, 1.54) is 11.1 Å². The molecule has 0 aromatic heterocycles. The molecule has 136 valence electrons. The van der Waals surface area contributed by atoms with Crippen LogP contribution < -0.4 is 4.74 Å². The number of benzene rings is 2. The summed E-state index contributed by atoms with van der Waals surface area (Å²) in [5.74, 6) is 0.703. The Morgan fingerprint density at radius 2 is 1.81 bits per heavy atom. The van der Waals surface area contributed by atoms with E-state index in [9.17, 15) is 4.79 Å². The second-order valence-corrected chi connectivity index (χ2v) is 7.91. The van der Waals surface area contributed by atoms with Crippen molar-refractivity contribution in [1.82, 2.24) is 9.80 Å². The van der Waals surface area contributed by atoms with Crippen LogP contribution in [0, 0.1) is 0 Å². The van der Waals surface area contributed by atoms with Crippen LogP contribution in [0.15, 0.2) is 48.5 Å². The predicted octanol–water partition coefficient (Wildman–Crippen LogP) is 3.49. The third-order valence-electron chi connectivity index (χ3n) is 5.76. The molecule has 2 heterocycles. The summed E-state index contributed by atoms with van der Waals surface area (Å²) in [6.45, 7) is 8.05. The Balaban J connectivity index is 1.64. The van der Waals surface area contributed by atoms with E-state index in [0.29, 0.717) is 11.3 Å². The number of methoxy groups -OCH3 is 1. The van der Waals surface area contributed by atoms with Gasteiger partial charge in [0, 0.05) is 31.6 Å². The summed E-state index contributed by atoms with van der Waals surface area (Å²) in [7, 11) is 1.61. The molecule has 1 atom stereocenters. The summed E-state index contributed by atoms with van der Waals surface area (Å²) in [5, 5.41) is 0. The average molecular weight is 350 g/mol. The number of piperazine rings is 1. The highest BCUT2D eigenvalue weighted by molar-refractivity contribution is 5.97. The van der Waals surface area contributed by atoms with Gasteiger partial charge in [-0.2, -0.15) is 0 Å². The lowest BCUT2D eigenvalue weighted by Gasteiger charge is -2.50. The summed E-state index contributed by atoms with van der Waals surface area (Å²) >= 11 is 0. The molecule has 2 aromatic rings. The van der Waals surface area contributed by atoms with Gasteiger partial charge in [0.1, 0.15) is 5.75 Å². The first-order valence-corrected chi connectivity index (χ1v) is 9.27. The maximum absolute atomic E-state index is 13.1. The van der Waals surface area contributed by atoms with Gasteiger partial charge in [-0.05, 0) is 23.3 Å². The predicted molar refractivity (Wildman–Crippen MR) is 103 cm³/mol. The molecule has 0 aliphatic carbocycles. The van der Waals surface area contributed by atoms with Crippen LogP contribution >= 0.6 is 0 Å². The monoisotopic (exact) mass is 350 g/mol. The Morgan fingerprint density at radius 1 is 1.08 bits per heavy atom. The molecular formula is C22H26N2O2. The van der Waals surface area contributed by atoms with Crippen molar-refractivity contribution in [1.29, 1.82) is 0 Å². The van der Waals surface area contributed by atoms with Gasteiger partial charge >= 0.3 is 0 Å². The smallest absolute Gasteiger partial charge is 0.257 e. The first-order chi connectivity index (χ1) is 12.5. The van der Waals surface area contributed by atoms with Crippen LogP contribution in [0.25, 0.3) is 0 Å². The maximum Gasteiger partial charge on any atom is 0.257 e. The van der Waals surface area contributed by atoms with Crippen LogP contribution in [0.5, 0.6) is 5.75 Å². The van der Waals surface area contributed by atoms with E-state index in [4.69, 9.17) is 4.74 Å². The third-order valence-corrected chi connectivity index (χ3v) is 5.76. The standard InChI is InChI=1S/C22H26N2O2/c1-22(2)15-24-13-12-23(14-19(24)16-8-4-6-10-18(16)22)21(25)17-9-5-7-11-20(17)26-3/h4-11,19H,12-15H2,1-3H3. The lowest BCUT2D eigenvalue weighted by Crippen LogP contribution is -2.55. The molecule has 1 amide bonds. The number of fused-ring (bicyclic) bond motifs is 3. The molecule has 0 bridgehead atoms. The number of nitrogens with zero attached hydrogens (tertiary/aromatic N) is 2. The van der Waals surface area contributed by atoms with Gasteiger partial charge in [0.2, 0.25) is 0 Å². The fourth-order valence-electron chi connectivity index (χ4n) is 4.48. The maximum atomic E-state index is 13.1. The van der Waals surface area contributed by atoms with Crippen LogP contribution in [0.4, 0.5) is 0 Å². The molecule has 26 heavy (non-hydrogen) atoms. The summed E-state index contributed by atoms with van der Waals surface area (Å²) in [6, 6.07) is 16.5. The zero-order chi connectivity index (χ0) is 18.3. The quantitative estimate of drug-likeness (QED) is 0.831. The third kappa shape index (κ3) is 2.78. The molecule has 2 aliphatic rings. The van der Waals surface area contributed by atoms with Crippen molar-refractivity contribution in [2.45, 2.75) is 25.3 Å². The van der Waals surface area contributed by atoms with Gasteiger partial charge in [-0.25, -0.2) is 0 Å². The lowest BCUT2D eigenvalue weighted by atomic mass is 9.75.